The Morgan fingerprint density at radius 3 is 2.70 bits per heavy atom. The maximum Gasteiger partial charge on any atom is 0.277 e. The van der Waals surface area contributed by atoms with E-state index < -0.39 is 0 Å². The van der Waals surface area contributed by atoms with Gasteiger partial charge in [-0.1, -0.05) is 41.0 Å². The monoisotopic (exact) mass is 383 g/mol. The van der Waals surface area contributed by atoms with Crippen LogP contribution in [-0.2, 0) is 6.54 Å². The number of rotatable bonds is 6. The first-order valence-corrected chi connectivity index (χ1v) is 9.13. The average molecular weight is 384 g/mol. The molecule has 1 amide bonds. The van der Waals surface area contributed by atoms with Crippen molar-refractivity contribution in [3.63, 3.8) is 0 Å². The molecule has 1 heterocycles. The molecule has 0 spiro atoms. The van der Waals surface area contributed by atoms with E-state index in [-0.39, 0.29) is 17.6 Å². The second kappa shape index (κ2) is 8.37. The van der Waals surface area contributed by atoms with Crippen molar-refractivity contribution in [1.82, 2.24) is 10.5 Å². The highest BCUT2D eigenvalue weighted by Gasteiger charge is 2.13. The first kappa shape index (κ1) is 19.1. The second-order valence-corrected chi connectivity index (χ2v) is 7.02. The Labute approximate surface area is 163 Å². The largest absolute Gasteiger partial charge is 0.361 e. The van der Waals surface area contributed by atoms with Crippen molar-refractivity contribution < 1.29 is 9.32 Å². The highest BCUT2D eigenvalue weighted by atomic mass is 35.5. The van der Waals surface area contributed by atoms with Gasteiger partial charge in [0.25, 0.3) is 5.91 Å². The molecule has 2 aromatic carbocycles. The molecule has 3 aromatic rings. The van der Waals surface area contributed by atoms with Crippen LogP contribution in [0.5, 0.6) is 0 Å². The number of halogens is 1. The lowest BCUT2D eigenvalue weighted by atomic mass is 10.1. The van der Waals surface area contributed by atoms with Crippen LogP contribution in [0.3, 0.4) is 0 Å². The van der Waals surface area contributed by atoms with Gasteiger partial charge in [0.2, 0.25) is 0 Å². The molecule has 0 bridgehead atoms. The van der Waals surface area contributed by atoms with Gasteiger partial charge >= 0.3 is 0 Å². The van der Waals surface area contributed by atoms with Crippen LogP contribution < -0.4 is 10.6 Å². The van der Waals surface area contributed by atoms with E-state index in [4.69, 9.17) is 16.1 Å². The molecule has 0 radical (unpaired) electrons. The number of hydrogen-bond donors (Lipinski definition) is 2. The van der Waals surface area contributed by atoms with Gasteiger partial charge in [0, 0.05) is 29.4 Å². The number of nitrogens with one attached hydrogen (secondary N) is 2. The van der Waals surface area contributed by atoms with Gasteiger partial charge in [-0.3, -0.25) is 4.79 Å². The Hall–Kier alpha value is -2.63. The topological polar surface area (TPSA) is 67.2 Å². The summed E-state index contributed by atoms with van der Waals surface area (Å²) in [6.07, 6.45) is 0. The molecule has 0 saturated heterocycles. The summed E-state index contributed by atoms with van der Waals surface area (Å²) in [7, 11) is 0. The van der Waals surface area contributed by atoms with Gasteiger partial charge in [-0.25, -0.2) is 0 Å². The molecule has 140 valence electrons. The van der Waals surface area contributed by atoms with Gasteiger partial charge in [-0.05, 0) is 55.7 Å². The Balaban J connectivity index is 1.67. The molecule has 0 aliphatic heterocycles. The smallest absolute Gasteiger partial charge is 0.277 e. The molecule has 0 aliphatic carbocycles. The minimum atomic E-state index is -0.285. The summed E-state index contributed by atoms with van der Waals surface area (Å²) in [6, 6.07) is 15.6. The fraction of sp³-hybridized carbons (Fsp3) is 0.238. The van der Waals surface area contributed by atoms with Crippen molar-refractivity contribution in [1.29, 1.82) is 0 Å². The van der Waals surface area contributed by atoms with E-state index in [0.717, 1.165) is 27.4 Å². The lowest BCUT2D eigenvalue weighted by Crippen LogP contribution is -2.18. The summed E-state index contributed by atoms with van der Waals surface area (Å²) in [6.45, 7) is 6.47. The number of carbonyl (C=O) groups excluding carboxylic acids is 1. The van der Waals surface area contributed by atoms with Gasteiger partial charge < -0.3 is 15.2 Å². The lowest BCUT2D eigenvalue weighted by Gasteiger charge is -2.16. The van der Waals surface area contributed by atoms with Crippen LogP contribution in [-0.4, -0.2) is 11.1 Å². The van der Waals surface area contributed by atoms with Crippen molar-refractivity contribution in [2.75, 3.05) is 5.32 Å². The zero-order valence-corrected chi connectivity index (χ0v) is 16.3. The van der Waals surface area contributed by atoms with Gasteiger partial charge in [-0.2, -0.15) is 0 Å². The first-order chi connectivity index (χ1) is 12.9. The predicted octanol–water partition coefficient (Wildman–Crippen LogP) is 5.05. The number of aryl methyl sites for hydroxylation is 2. The van der Waals surface area contributed by atoms with Crippen LogP contribution in [0, 0.1) is 13.8 Å². The maximum atomic E-state index is 12.3. The fourth-order valence-electron chi connectivity index (χ4n) is 2.74. The van der Waals surface area contributed by atoms with Crippen molar-refractivity contribution >= 4 is 23.2 Å². The number of amides is 1. The quantitative estimate of drug-likeness (QED) is 0.625. The highest BCUT2D eigenvalue weighted by molar-refractivity contribution is 6.30. The summed E-state index contributed by atoms with van der Waals surface area (Å²) in [5.41, 5.74) is 4.21. The van der Waals surface area contributed by atoms with Gasteiger partial charge in [0.05, 0.1) is 0 Å². The van der Waals surface area contributed by atoms with Gasteiger partial charge in [-0.15, -0.1) is 0 Å². The van der Waals surface area contributed by atoms with E-state index in [0.29, 0.717) is 12.3 Å². The molecule has 5 nitrogen and oxygen atoms in total. The van der Waals surface area contributed by atoms with E-state index >= 15 is 0 Å². The maximum absolute atomic E-state index is 12.3. The Bertz CT molecular complexity index is 952. The molecule has 3 rings (SSSR count). The molecule has 0 aliphatic rings. The number of anilines is 1. The summed E-state index contributed by atoms with van der Waals surface area (Å²) < 4.78 is 4.96. The van der Waals surface area contributed by atoms with Crippen LogP contribution in [0.1, 0.15) is 45.9 Å². The molecule has 1 atom stereocenters. The highest BCUT2D eigenvalue weighted by Crippen LogP contribution is 2.20. The van der Waals surface area contributed by atoms with E-state index in [1.807, 2.05) is 49.4 Å². The van der Waals surface area contributed by atoms with Crippen LogP contribution in [0.15, 0.2) is 53.1 Å². The van der Waals surface area contributed by atoms with E-state index in [2.05, 4.69) is 22.7 Å². The summed E-state index contributed by atoms with van der Waals surface area (Å²) in [5, 5.41) is 10.9. The summed E-state index contributed by atoms with van der Waals surface area (Å²) in [5.74, 6) is 0.317. The minimum absolute atomic E-state index is 0.154. The Morgan fingerprint density at radius 2 is 2.00 bits per heavy atom. The van der Waals surface area contributed by atoms with Gasteiger partial charge in [0.1, 0.15) is 5.76 Å². The van der Waals surface area contributed by atoms with E-state index in [1.165, 1.54) is 0 Å². The normalized spacial score (nSPS) is 12.0. The zero-order chi connectivity index (χ0) is 19.4. The Kier molecular flexibility index (Phi) is 5.94. The molecular weight excluding hydrogens is 362 g/mol. The predicted molar refractivity (Wildman–Crippen MR) is 107 cm³/mol. The SMILES string of the molecule is Cc1cc(C(=O)Nc2cc(CN[C@H](C)c3cccc(Cl)c3)ccc2C)no1. The van der Waals surface area contributed by atoms with E-state index in [9.17, 15) is 4.79 Å². The van der Waals surface area contributed by atoms with Crippen LogP contribution >= 0.6 is 11.6 Å². The van der Waals surface area contributed by atoms with Crippen molar-refractivity contribution in [2.45, 2.75) is 33.4 Å². The molecule has 0 unspecified atom stereocenters. The molecule has 0 fully saturated rings. The molecule has 27 heavy (non-hydrogen) atoms. The molecule has 0 saturated carbocycles. The number of aromatic nitrogens is 1. The molecule has 1 aromatic heterocycles. The van der Waals surface area contributed by atoms with Crippen molar-refractivity contribution in [2.24, 2.45) is 0 Å². The first-order valence-electron chi connectivity index (χ1n) is 8.75. The number of benzene rings is 2. The minimum Gasteiger partial charge on any atom is -0.361 e. The number of hydrogen-bond acceptors (Lipinski definition) is 4. The summed E-state index contributed by atoms with van der Waals surface area (Å²) >= 11 is 6.06. The second-order valence-electron chi connectivity index (χ2n) is 6.58. The fourth-order valence-corrected chi connectivity index (χ4v) is 2.94. The number of nitrogens with zero attached hydrogens (tertiary/aromatic N) is 1. The lowest BCUT2D eigenvalue weighted by molar-refractivity contribution is 0.101. The van der Waals surface area contributed by atoms with Crippen molar-refractivity contribution in [3.05, 3.63) is 81.7 Å². The molecule has 6 heteroatoms. The van der Waals surface area contributed by atoms with Gasteiger partial charge in [0.15, 0.2) is 5.69 Å². The third-order valence-corrected chi connectivity index (χ3v) is 4.61. The van der Waals surface area contributed by atoms with Crippen molar-refractivity contribution in [3.8, 4) is 0 Å². The zero-order valence-electron chi connectivity index (χ0n) is 15.5. The summed E-state index contributed by atoms with van der Waals surface area (Å²) in [4.78, 5) is 12.3. The molecule has 2 N–H and O–H groups in total. The van der Waals surface area contributed by atoms with E-state index in [1.54, 1.807) is 13.0 Å². The average Bonchev–Trinajstić information content (AvgIpc) is 3.08. The number of carbonyl (C=O) groups is 1. The third kappa shape index (κ3) is 4.96. The Morgan fingerprint density at radius 1 is 1.19 bits per heavy atom. The third-order valence-electron chi connectivity index (χ3n) is 4.37. The van der Waals surface area contributed by atoms with Crippen LogP contribution in [0.2, 0.25) is 5.02 Å². The standard InChI is InChI=1S/C21H22ClN3O2/c1-13-7-8-16(12-23-15(3)17-5-4-6-18(22)11-17)10-19(13)24-21(26)20-9-14(2)27-25-20/h4-11,15,23H,12H2,1-3H3,(H,24,26)/t15-/m1/s1. The van der Waals surface area contributed by atoms with Crippen LogP contribution in [0.4, 0.5) is 5.69 Å². The molecular formula is C21H22ClN3O2. The van der Waals surface area contributed by atoms with Crippen LogP contribution in [0.25, 0.3) is 0 Å².